The number of piperidine rings is 3. The zero-order chi connectivity index (χ0) is 9.10. The summed E-state index contributed by atoms with van der Waals surface area (Å²) in [5, 5.41) is 0. The quantitative estimate of drug-likeness (QED) is 0.475. The van der Waals surface area contributed by atoms with Crippen molar-refractivity contribution >= 4 is 0 Å². The number of terminal acetylenes is 1. The molecular weight excluding hydrogens is 162 g/mol. The topological polar surface area (TPSA) is 12.5 Å². The van der Waals surface area contributed by atoms with Crippen molar-refractivity contribution in [3.05, 3.63) is 0 Å². The van der Waals surface area contributed by atoms with Crippen LogP contribution in [0.25, 0.3) is 0 Å². The number of nitrogens with zero attached hydrogens (tertiary/aromatic N) is 1. The minimum Gasteiger partial charge on any atom is -0.367 e. The predicted molar refractivity (Wildman–Crippen MR) is 52.4 cm³/mol. The van der Waals surface area contributed by atoms with E-state index in [1.54, 1.807) is 0 Å². The Hall–Kier alpha value is -0.520. The molecule has 0 aliphatic carbocycles. The highest BCUT2D eigenvalue weighted by Crippen LogP contribution is 2.31. The first-order valence-electron chi connectivity index (χ1n) is 5.15. The van der Waals surface area contributed by atoms with Gasteiger partial charge < -0.3 is 4.74 Å². The Labute approximate surface area is 80.2 Å². The van der Waals surface area contributed by atoms with Gasteiger partial charge in [-0.3, -0.25) is 4.90 Å². The molecule has 3 rings (SSSR count). The highest BCUT2D eigenvalue weighted by molar-refractivity contribution is 4.88. The summed E-state index contributed by atoms with van der Waals surface area (Å²) in [5.74, 6) is 3.47. The number of hydrogen-bond acceptors (Lipinski definition) is 2. The molecule has 0 aromatic carbocycles. The summed E-state index contributed by atoms with van der Waals surface area (Å²) in [6.45, 7) is 3.85. The van der Waals surface area contributed by atoms with Crippen LogP contribution >= 0.6 is 0 Å². The third kappa shape index (κ3) is 2.04. The largest absolute Gasteiger partial charge is 0.367 e. The third-order valence-corrected chi connectivity index (χ3v) is 3.27. The Bertz CT molecular complexity index is 201. The van der Waals surface area contributed by atoms with E-state index in [1.165, 1.54) is 32.4 Å². The van der Waals surface area contributed by atoms with Gasteiger partial charge in [-0.1, -0.05) is 5.92 Å². The van der Waals surface area contributed by atoms with Crippen molar-refractivity contribution in [1.29, 1.82) is 0 Å². The van der Waals surface area contributed by atoms with Gasteiger partial charge in [-0.05, 0) is 38.3 Å². The summed E-state index contributed by atoms with van der Waals surface area (Å²) in [6, 6.07) is 0.654. The fourth-order valence-corrected chi connectivity index (χ4v) is 2.51. The van der Waals surface area contributed by atoms with E-state index >= 15 is 0 Å². The second kappa shape index (κ2) is 4.13. The van der Waals surface area contributed by atoms with Crippen molar-refractivity contribution in [3.63, 3.8) is 0 Å². The van der Waals surface area contributed by atoms with Crippen LogP contribution in [0.5, 0.6) is 0 Å². The SMILES string of the molecule is C#CCOCC1CC2CCN1CC2. The van der Waals surface area contributed by atoms with Gasteiger partial charge in [0.15, 0.2) is 0 Å². The van der Waals surface area contributed by atoms with Crippen LogP contribution in [0.4, 0.5) is 0 Å². The van der Waals surface area contributed by atoms with E-state index in [-0.39, 0.29) is 0 Å². The molecule has 3 fully saturated rings. The zero-order valence-corrected chi connectivity index (χ0v) is 8.04. The lowest BCUT2D eigenvalue weighted by Crippen LogP contribution is -2.50. The first kappa shape index (κ1) is 9.05. The van der Waals surface area contributed by atoms with Gasteiger partial charge in [0.2, 0.25) is 0 Å². The Kier molecular flexibility index (Phi) is 2.87. The lowest BCUT2D eigenvalue weighted by atomic mass is 9.84. The first-order valence-corrected chi connectivity index (χ1v) is 5.15. The second-order valence-corrected chi connectivity index (χ2v) is 4.09. The van der Waals surface area contributed by atoms with E-state index in [2.05, 4.69) is 10.8 Å². The Morgan fingerprint density at radius 2 is 2.15 bits per heavy atom. The molecule has 0 aromatic heterocycles. The minimum atomic E-state index is 0.467. The molecule has 0 saturated carbocycles. The van der Waals surface area contributed by atoms with Crippen LogP contribution in [-0.2, 0) is 4.74 Å². The van der Waals surface area contributed by atoms with Crippen LogP contribution in [0, 0.1) is 18.3 Å². The van der Waals surface area contributed by atoms with Crippen molar-refractivity contribution in [2.75, 3.05) is 26.3 Å². The summed E-state index contributed by atoms with van der Waals surface area (Å²) >= 11 is 0. The van der Waals surface area contributed by atoms with Gasteiger partial charge in [0.25, 0.3) is 0 Å². The molecule has 1 unspecified atom stereocenters. The van der Waals surface area contributed by atoms with Crippen LogP contribution in [-0.4, -0.2) is 37.2 Å². The normalized spacial score (nSPS) is 37.3. The van der Waals surface area contributed by atoms with Crippen LogP contribution in [0.15, 0.2) is 0 Å². The summed E-state index contributed by atoms with van der Waals surface area (Å²) in [6.07, 6.45) is 9.24. The smallest absolute Gasteiger partial charge is 0.107 e. The highest BCUT2D eigenvalue weighted by Gasteiger charge is 2.33. The number of fused-ring (bicyclic) bond motifs is 3. The molecule has 0 N–H and O–H groups in total. The van der Waals surface area contributed by atoms with E-state index in [4.69, 9.17) is 11.2 Å². The monoisotopic (exact) mass is 179 g/mol. The van der Waals surface area contributed by atoms with E-state index in [9.17, 15) is 0 Å². The summed E-state index contributed by atoms with van der Waals surface area (Å²) < 4.78 is 5.40. The molecule has 0 amide bonds. The van der Waals surface area contributed by atoms with Gasteiger partial charge in [0.1, 0.15) is 6.61 Å². The molecule has 3 saturated heterocycles. The number of hydrogen-bond donors (Lipinski definition) is 0. The van der Waals surface area contributed by atoms with Crippen LogP contribution in [0.3, 0.4) is 0 Å². The fourth-order valence-electron chi connectivity index (χ4n) is 2.51. The Morgan fingerprint density at radius 1 is 1.38 bits per heavy atom. The average Bonchev–Trinajstić information content (AvgIpc) is 2.20. The van der Waals surface area contributed by atoms with Gasteiger partial charge in [-0.2, -0.15) is 0 Å². The second-order valence-electron chi connectivity index (χ2n) is 4.09. The molecule has 2 bridgehead atoms. The predicted octanol–water partition coefficient (Wildman–Crippen LogP) is 1.12. The first-order chi connectivity index (χ1) is 6.40. The average molecular weight is 179 g/mol. The molecule has 1 atom stereocenters. The maximum absolute atomic E-state index is 5.40. The van der Waals surface area contributed by atoms with Crippen molar-refractivity contribution in [3.8, 4) is 12.3 Å². The lowest BCUT2D eigenvalue weighted by Gasteiger charge is -2.45. The highest BCUT2D eigenvalue weighted by atomic mass is 16.5. The number of ether oxygens (including phenoxy) is 1. The van der Waals surface area contributed by atoms with Crippen LogP contribution in [0.1, 0.15) is 19.3 Å². The standard InChI is InChI=1S/C11H17NO/c1-2-7-13-9-11-8-10-3-5-12(11)6-4-10/h1,10-11H,3-9H2. The van der Waals surface area contributed by atoms with Gasteiger partial charge in [0, 0.05) is 6.04 Å². The zero-order valence-electron chi connectivity index (χ0n) is 8.04. The Balaban J connectivity index is 1.77. The molecule has 0 spiro atoms. The van der Waals surface area contributed by atoms with Crippen molar-refractivity contribution in [1.82, 2.24) is 4.90 Å². The summed E-state index contributed by atoms with van der Waals surface area (Å²) in [5.41, 5.74) is 0. The van der Waals surface area contributed by atoms with Gasteiger partial charge in [-0.25, -0.2) is 0 Å². The van der Waals surface area contributed by atoms with Crippen LogP contribution < -0.4 is 0 Å². The Morgan fingerprint density at radius 3 is 2.69 bits per heavy atom. The molecule has 0 radical (unpaired) electrons. The van der Waals surface area contributed by atoms with E-state index in [0.717, 1.165) is 12.5 Å². The molecule has 3 aliphatic rings. The molecule has 3 heterocycles. The van der Waals surface area contributed by atoms with Gasteiger partial charge in [0.05, 0.1) is 6.61 Å². The van der Waals surface area contributed by atoms with Gasteiger partial charge in [-0.15, -0.1) is 6.42 Å². The maximum Gasteiger partial charge on any atom is 0.107 e. The molecule has 0 aromatic rings. The van der Waals surface area contributed by atoms with E-state index in [0.29, 0.717) is 12.6 Å². The third-order valence-electron chi connectivity index (χ3n) is 3.27. The van der Waals surface area contributed by atoms with Crippen molar-refractivity contribution in [2.45, 2.75) is 25.3 Å². The molecule has 2 nitrogen and oxygen atoms in total. The molecule has 3 aliphatic heterocycles. The minimum absolute atomic E-state index is 0.467. The van der Waals surface area contributed by atoms with Crippen molar-refractivity contribution < 1.29 is 4.74 Å². The molecule has 13 heavy (non-hydrogen) atoms. The van der Waals surface area contributed by atoms with Crippen LogP contribution in [0.2, 0.25) is 0 Å². The summed E-state index contributed by atoms with van der Waals surface area (Å²) in [7, 11) is 0. The summed E-state index contributed by atoms with van der Waals surface area (Å²) in [4.78, 5) is 2.55. The molecular formula is C11H17NO. The lowest BCUT2D eigenvalue weighted by molar-refractivity contribution is -0.00106. The molecule has 2 heteroatoms. The maximum atomic E-state index is 5.40. The molecule has 72 valence electrons. The van der Waals surface area contributed by atoms with Gasteiger partial charge >= 0.3 is 0 Å². The van der Waals surface area contributed by atoms with E-state index in [1.807, 2.05) is 0 Å². The van der Waals surface area contributed by atoms with Crippen molar-refractivity contribution in [2.24, 2.45) is 5.92 Å². The number of rotatable bonds is 3. The van der Waals surface area contributed by atoms with E-state index < -0.39 is 0 Å². The fraction of sp³-hybridized carbons (Fsp3) is 0.818.